The van der Waals surface area contributed by atoms with Crippen LogP contribution < -0.4 is 14.8 Å². The second-order valence-electron chi connectivity index (χ2n) is 9.96. The Morgan fingerprint density at radius 2 is 2.03 bits per heavy atom. The number of ether oxygens (including phenoxy) is 3. The molecular formula is C28H30N6O5. The molecule has 2 aromatic carbocycles. The molecule has 6 rings (SSSR count). The highest BCUT2D eigenvalue weighted by molar-refractivity contribution is 5.99. The van der Waals surface area contributed by atoms with Gasteiger partial charge in [-0.2, -0.15) is 0 Å². The molecule has 0 spiro atoms. The van der Waals surface area contributed by atoms with E-state index in [1.54, 1.807) is 41.1 Å². The lowest BCUT2D eigenvalue weighted by Gasteiger charge is -2.20. The molecule has 0 unspecified atom stereocenters. The van der Waals surface area contributed by atoms with E-state index >= 15 is 0 Å². The Labute approximate surface area is 225 Å². The Balaban J connectivity index is 1.28. The van der Waals surface area contributed by atoms with E-state index in [0.29, 0.717) is 54.6 Å². The Morgan fingerprint density at radius 1 is 1.15 bits per heavy atom. The fourth-order valence-corrected chi connectivity index (χ4v) is 5.16. The summed E-state index contributed by atoms with van der Waals surface area (Å²) in [6.07, 6.45) is 1.38. The van der Waals surface area contributed by atoms with E-state index in [-0.39, 0.29) is 18.4 Å². The third kappa shape index (κ3) is 4.81. The molecule has 4 aromatic rings. The number of hydrogen-bond donors (Lipinski definition) is 2. The maximum absolute atomic E-state index is 13.6. The van der Waals surface area contributed by atoms with Gasteiger partial charge in [0.2, 0.25) is 0 Å². The molecule has 1 fully saturated rings. The molecule has 2 N–H and O–H groups in total. The van der Waals surface area contributed by atoms with Crippen molar-refractivity contribution in [1.29, 1.82) is 0 Å². The van der Waals surface area contributed by atoms with Gasteiger partial charge in [-0.1, -0.05) is 5.21 Å². The highest BCUT2D eigenvalue weighted by Gasteiger charge is 2.38. The molecule has 0 radical (unpaired) electrons. The van der Waals surface area contributed by atoms with E-state index in [1.165, 1.54) is 0 Å². The SMILES string of the molecule is COc1ccc2cc1OCCn1cc(nn1)CO[C@H]1CN(C(=O)c3ccc4[nH]c(C)c(C)c4c3)C[C@@H]1NC2=O. The van der Waals surface area contributed by atoms with E-state index in [0.717, 1.165) is 22.2 Å². The van der Waals surface area contributed by atoms with Crippen molar-refractivity contribution in [2.45, 2.75) is 39.1 Å². The number of aromatic nitrogens is 4. The van der Waals surface area contributed by atoms with E-state index in [1.807, 2.05) is 32.0 Å². The zero-order chi connectivity index (χ0) is 27.1. The summed E-state index contributed by atoms with van der Waals surface area (Å²) in [5, 5.41) is 12.4. The van der Waals surface area contributed by atoms with Crippen LogP contribution in [0.25, 0.3) is 10.9 Å². The number of nitrogens with zero attached hydrogens (tertiary/aromatic N) is 4. The van der Waals surface area contributed by atoms with E-state index in [9.17, 15) is 9.59 Å². The Bertz CT molecular complexity index is 1560. The van der Waals surface area contributed by atoms with Crippen LogP contribution in [0.15, 0.2) is 42.6 Å². The highest BCUT2D eigenvalue weighted by Crippen LogP contribution is 2.29. The summed E-state index contributed by atoms with van der Waals surface area (Å²) >= 11 is 0. The predicted molar refractivity (Wildman–Crippen MR) is 142 cm³/mol. The number of H-pyrrole nitrogens is 1. The second-order valence-corrected chi connectivity index (χ2v) is 9.96. The van der Waals surface area contributed by atoms with E-state index < -0.39 is 12.1 Å². The van der Waals surface area contributed by atoms with Crippen molar-refractivity contribution < 1.29 is 23.8 Å². The van der Waals surface area contributed by atoms with Crippen molar-refractivity contribution in [2.75, 3.05) is 26.8 Å². The smallest absolute Gasteiger partial charge is 0.254 e. The average molecular weight is 531 g/mol. The normalized spacial score (nSPS) is 19.6. The van der Waals surface area contributed by atoms with Crippen molar-refractivity contribution in [1.82, 2.24) is 30.2 Å². The summed E-state index contributed by atoms with van der Waals surface area (Å²) in [6, 6.07) is 10.3. The van der Waals surface area contributed by atoms with Gasteiger partial charge in [0, 0.05) is 40.8 Å². The molecule has 39 heavy (non-hydrogen) atoms. The quantitative estimate of drug-likeness (QED) is 0.408. The first kappa shape index (κ1) is 24.9. The van der Waals surface area contributed by atoms with Crippen molar-refractivity contribution in [3.63, 3.8) is 0 Å². The van der Waals surface area contributed by atoms with Gasteiger partial charge in [0.05, 0.1) is 38.6 Å². The van der Waals surface area contributed by atoms with Crippen LogP contribution in [0.4, 0.5) is 0 Å². The predicted octanol–water partition coefficient (Wildman–Crippen LogP) is 2.62. The molecule has 11 nitrogen and oxygen atoms in total. The molecular weight excluding hydrogens is 500 g/mol. The summed E-state index contributed by atoms with van der Waals surface area (Å²) in [7, 11) is 1.55. The molecule has 2 aliphatic rings. The monoisotopic (exact) mass is 530 g/mol. The van der Waals surface area contributed by atoms with Gasteiger partial charge >= 0.3 is 0 Å². The van der Waals surface area contributed by atoms with Crippen LogP contribution in [0.1, 0.15) is 37.7 Å². The Kier molecular flexibility index (Phi) is 6.43. The zero-order valence-corrected chi connectivity index (χ0v) is 22.1. The first-order valence-corrected chi connectivity index (χ1v) is 12.9. The van der Waals surface area contributed by atoms with Crippen LogP contribution in [0.5, 0.6) is 11.5 Å². The molecule has 1 saturated heterocycles. The summed E-state index contributed by atoms with van der Waals surface area (Å²) < 4.78 is 19.2. The molecule has 4 bridgehead atoms. The number of methoxy groups -OCH3 is 1. The third-order valence-corrected chi connectivity index (χ3v) is 7.46. The molecule has 0 aliphatic carbocycles. The molecule has 2 atom stereocenters. The maximum Gasteiger partial charge on any atom is 0.254 e. The highest BCUT2D eigenvalue weighted by atomic mass is 16.5. The minimum atomic E-state index is -0.429. The topological polar surface area (TPSA) is 124 Å². The third-order valence-electron chi connectivity index (χ3n) is 7.46. The van der Waals surface area contributed by atoms with Gasteiger partial charge in [-0.3, -0.25) is 9.59 Å². The number of fused-ring (bicyclic) bond motifs is 6. The first-order valence-electron chi connectivity index (χ1n) is 12.9. The lowest BCUT2D eigenvalue weighted by atomic mass is 10.1. The number of aromatic amines is 1. The lowest BCUT2D eigenvalue weighted by Crippen LogP contribution is -2.44. The molecule has 0 saturated carbocycles. The minimum Gasteiger partial charge on any atom is -0.493 e. The minimum absolute atomic E-state index is 0.110. The fourth-order valence-electron chi connectivity index (χ4n) is 5.16. The van der Waals surface area contributed by atoms with Crippen LogP contribution in [0.3, 0.4) is 0 Å². The summed E-state index contributed by atoms with van der Waals surface area (Å²) in [6.45, 7) is 5.69. The number of nitrogens with one attached hydrogen (secondary N) is 2. The number of amides is 2. The molecule has 11 heteroatoms. The largest absolute Gasteiger partial charge is 0.493 e. The number of carbonyl (C=O) groups is 2. The van der Waals surface area contributed by atoms with Crippen molar-refractivity contribution in [3.05, 3.63) is 70.7 Å². The van der Waals surface area contributed by atoms with Crippen LogP contribution in [-0.2, 0) is 17.9 Å². The van der Waals surface area contributed by atoms with E-state index in [2.05, 4.69) is 20.6 Å². The first-order chi connectivity index (χ1) is 18.9. The number of carbonyl (C=O) groups excluding carboxylic acids is 2. The molecule has 2 aromatic heterocycles. The van der Waals surface area contributed by atoms with Crippen LogP contribution in [0.2, 0.25) is 0 Å². The van der Waals surface area contributed by atoms with Gasteiger partial charge in [-0.05, 0) is 55.8 Å². The van der Waals surface area contributed by atoms with Gasteiger partial charge in [0.15, 0.2) is 11.5 Å². The van der Waals surface area contributed by atoms with Gasteiger partial charge in [0.1, 0.15) is 12.3 Å². The molecule has 4 heterocycles. The molecule has 2 amide bonds. The number of hydrogen-bond acceptors (Lipinski definition) is 7. The van der Waals surface area contributed by atoms with E-state index in [4.69, 9.17) is 14.2 Å². The van der Waals surface area contributed by atoms with Gasteiger partial charge < -0.3 is 29.4 Å². The summed E-state index contributed by atoms with van der Waals surface area (Å²) in [5.74, 6) is 0.594. The van der Waals surface area contributed by atoms with Gasteiger partial charge in [0.25, 0.3) is 11.8 Å². The van der Waals surface area contributed by atoms with Gasteiger partial charge in [-0.15, -0.1) is 5.10 Å². The summed E-state index contributed by atoms with van der Waals surface area (Å²) in [5.41, 5.74) is 4.87. The van der Waals surface area contributed by atoms with Crippen LogP contribution in [-0.4, -0.2) is 75.6 Å². The second kappa shape index (κ2) is 10.1. The number of likely N-dealkylation sites (tertiary alicyclic amines) is 1. The number of rotatable bonds is 2. The molecule has 202 valence electrons. The zero-order valence-electron chi connectivity index (χ0n) is 22.1. The maximum atomic E-state index is 13.6. The van der Waals surface area contributed by atoms with Gasteiger partial charge in [-0.25, -0.2) is 4.68 Å². The van der Waals surface area contributed by atoms with Crippen molar-refractivity contribution in [3.8, 4) is 11.5 Å². The standard InChI is InChI=1S/C28H30N6O5/c1-16-17(2)29-22-6-4-19(10-21(16)22)28(36)33-13-23-26(14-33)39-15-20-12-34(32-31-20)8-9-38-25-11-18(27(35)30-23)5-7-24(25)37-3/h4-7,10-12,23,26,29H,8-9,13-15H2,1-3H3,(H,30,35)/t23-,26-/m0/s1. The Morgan fingerprint density at radius 3 is 2.87 bits per heavy atom. The average Bonchev–Trinajstić information content (AvgIpc) is 3.64. The van der Waals surface area contributed by atoms with Crippen molar-refractivity contribution >= 4 is 22.7 Å². The summed E-state index contributed by atoms with van der Waals surface area (Å²) in [4.78, 5) is 32.0. The van der Waals surface area contributed by atoms with Crippen LogP contribution >= 0.6 is 0 Å². The lowest BCUT2D eigenvalue weighted by molar-refractivity contribution is 0.0291. The molecule has 2 aliphatic heterocycles. The van der Waals surface area contributed by atoms with Crippen molar-refractivity contribution in [2.24, 2.45) is 0 Å². The number of aryl methyl sites for hydroxylation is 2. The Hall–Kier alpha value is -4.38. The fraction of sp³-hybridized carbons (Fsp3) is 0.357. The number of benzene rings is 2. The van der Waals surface area contributed by atoms with Crippen LogP contribution in [0, 0.1) is 13.8 Å².